The van der Waals surface area contributed by atoms with E-state index in [2.05, 4.69) is 16.0 Å². The summed E-state index contributed by atoms with van der Waals surface area (Å²) in [7, 11) is 0. The summed E-state index contributed by atoms with van der Waals surface area (Å²) in [5, 5.41) is 9.20. The third kappa shape index (κ3) is 3.22. The number of hydrogen-bond acceptors (Lipinski definition) is 3. The highest BCUT2D eigenvalue weighted by molar-refractivity contribution is 5.89. The van der Waals surface area contributed by atoms with E-state index in [0.717, 1.165) is 19.3 Å². The third-order valence-electron chi connectivity index (χ3n) is 3.79. The van der Waals surface area contributed by atoms with Gasteiger partial charge in [-0.15, -0.1) is 0 Å². The van der Waals surface area contributed by atoms with Gasteiger partial charge >= 0.3 is 0 Å². The average Bonchev–Trinajstić information content (AvgIpc) is 2.37. The molecule has 2 fully saturated rings. The fraction of sp³-hybridized carbons (Fsp3) is 0.846. The first-order chi connectivity index (χ1) is 8.70. The van der Waals surface area contributed by atoms with Crippen LogP contribution in [0.5, 0.6) is 0 Å². The van der Waals surface area contributed by atoms with Crippen LogP contribution < -0.4 is 16.0 Å². The minimum Gasteiger partial charge on any atom is -0.356 e. The zero-order valence-electron chi connectivity index (χ0n) is 11.0. The first kappa shape index (κ1) is 13.3. The maximum Gasteiger partial charge on any atom is 0.237 e. The van der Waals surface area contributed by atoms with Crippen molar-refractivity contribution in [1.82, 2.24) is 16.0 Å². The Kier molecular flexibility index (Phi) is 4.58. The van der Waals surface area contributed by atoms with Gasteiger partial charge in [-0.2, -0.15) is 0 Å². The topological polar surface area (TPSA) is 70.2 Å². The van der Waals surface area contributed by atoms with Gasteiger partial charge in [-0.3, -0.25) is 9.59 Å². The molecule has 0 unspecified atom stereocenters. The fourth-order valence-electron chi connectivity index (χ4n) is 2.79. The van der Waals surface area contributed by atoms with Crippen LogP contribution in [-0.4, -0.2) is 36.5 Å². The molecule has 0 bridgehead atoms. The lowest BCUT2D eigenvalue weighted by molar-refractivity contribution is -0.131. The molecular formula is C13H23N3O2. The molecule has 0 aromatic carbocycles. The van der Waals surface area contributed by atoms with Gasteiger partial charge in [0, 0.05) is 18.6 Å². The Morgan fingerprint density at radius 2 is 2.06 bits per heavy atom. The summed E-state index contributed by atoms with van der Waals surface area (Å²) in [5.41, 5.74) is 0. The van der Waals surface area contributed by atoms with Crippen LogP contribution in [0.3, 0.4) is 0 Å². The van der Waals surface area contributed by atoms with E-state index in [9.17, 15) is 9.59 Å². The van der Waals surface area contributed by atoms with E-state index >= 15 is 0 Å². The van der Waals surface area contributed by atoms with Crippen LogP contribution in [0.4, 0.5) is 0 Å². The normalized spacial score (nSPS) is 31.4. The van der Waals surface area contributed by atoms with Gasteiger partial charge in [-0.05, 0) is 19.3 Å². The first-order valence-electron chi connectivity index (χ1n) is 7.04. The third-order valence-corrected chi connectivity index (χ3v) is 3.79. The minimum absolute atomic E-state index is 0.0233. The summed E-state index contributed by atoms with van der Waals surface area (Å²) < 4.78 is 0. The molecule has 5 heteroatoms. The molecule has 1 saturated heterocycles. The van der Waals surface area contributed by atoms with Gasteiger partial charge in [0.2, 0.25) is 11.8 Å². The second-order valence-electron chi connectivity index (χ2n) is 5.28. The first-order valence-corrected chi connectivity index (χ1v) is 7.04. The molecule has 1 heterocycles. The molecule has 0 aromatic rings. The maximum absolute atomic E-state index is 11.9. The Morgan fingerprint density at radius 3 is 2.78 bits per heavy atom. The summed E-state index contributed by atoms with van der Waals surface area (Å²) in [6.45, 7) is 2.69. The van der Waals surface area contributed by atoms with Crippen molar-refractivity contribution in [2.45, 2.75) is 63.6 Å². The molecule has 1 aliphatic heterocycles. The molecule has 0 aromatic heterocycles. The second kappa shape index (κ2) is 6.18. The Bertz CT molecular complexity index is 319. The predicted molar refractivity (Wildman–Crippen MR) is 69.0 cm³/mol. The molecule has 2 aliphatic rings. The Hall–Kier alpha value is -1.10. The molecule has 18 heavy (non-hydrogen) atoms. The van der Waals surface area contributed by atoms with Crippen molar-refractivity contribution < 1.29 is 9.59 Å². The van der Waals surface area contributed by atoms with Crippen molar-refractivity contribution in [3.63, 3.8) is 0 Å². The second-order valence-corrected chi connectivity index (χ2v) is 5.28. The van der Waals surface area contributed by atoms with Crippen molar-refractivity contribution in [1.29, 1.82) is 0 Å². The van der Waals surface area contributed by atoms with E-state index in [1.807, 2.05) is 6.92 Å². The number of carbonyl (C=O) groups excluding carboxylic acids is 2. The van der Waals surface area contributed by atoms with Gasteiger partial charge in [-0.1, -0.05) is 19.8 Å². The molecule has 3 N–H and O–H groups in total. The molecule has 2 amide bonds. The van der Waals surface area contributed by atoms with E-state index in [4.69, 9.17) is 0 Å². The lowest BCUT2D eigenvalue weighted by Gasteiger charge is -2.40. The largest absolute Gasteiger partial charge is 0.356 e. The summed E-state index contributed by atoms with van der Waals surface area (Å²) in [5.74, 6) is -0.0662. The fourth-order valence-corrected chi connectivity index (χ4v) is 2.79. The monoisotopic (exact) mass is 253 g/mol. The standard InChI is InChI=1S/C13H23N3O2/c1-2-7-14-12(17)8-11-13(18)16-10-6-4-3-5-9(10)15-11/h9-11,15H,2-8H2,1H3,(H,14,17)(H,16,18)/t9-,10-,11-/m0/s1. The summed E-state index contributed by atoms with van der Waals surface area (Å²) >= 11 is 0. The van der Waals surface area contributed by atoms with Crippen LogP contribution >= 0.6 is 0 Å². The predicted octanol–water partition coefficient (Wildman–Crippen LogP) is 0.302. The van der Waals surface area contributed by atoms with Crippen LogP contribution in [0, 0.1) is 0 Å². The van der Waals surface area contributed by atoms with Crippen LogP contribution in [0.25, 0.3) is 0 Å². The highest BCUT2D eigenvalue weighted by Gasteiger charge is 2.36. The summed E-state index contributed by atoms with van der Waals surface area (Å²) in [6.07, 6.45) is 5.70. The molecule has 3 atom stereocenters. The quantitative estimate of drug-likeness (QED) is 0.675. The lowest BCUT2D eigenvalue weighted by Crippen LogP contribution is -2.65. The van der Waals surface area contributed by atoms with E-state index in [1.54, 1.807) is 0 Å². The Labute approximate surface area is 108 Å². The highest BCUT2D eigenvalue weighted by atomic mass is 16.2. The number of fused-ring (bicyclic) bond motifs is 1. The average molecular weight is 253 g/mol. The number of amides is 2. The van der Waals surface area contributed by atoms with Gasteiger partial charge in [0.1, 0.15) is 0 Å². The summed E-state index contributed by atoms with van der Waals surface area (Å²) in [6, 6.07) is 0.253. The van der Waals surface area contributed by atoms with Crippen molar-refractivity contribution in [3.8, 4) is 0 Å². The Morgan fingerprint density at radius 1 is 1.33 bits per heavy atom. The van der Waals surface area contributed by atoms with Crippen LogP contribution in [0.1, 0.15) is 45.4 Å². The molecular weight excluding hydrogens is 230 g/mol. The van der Waals surface area contributed by atoms with Gasteiger partial charge < -0.3 is 16.0 Å². The highest BCUT2D eigenvalue weighted by Crippen LogP contribution is 2.22. The van der Waals surface area contributed by atoms with E-state index in [0.29, 0.717) is 12.6 Å². The number of piperazine rings is 1. The zero-order chi connectivity index (χ0) is 13.0. The van der Waals surface area contributed by atoms with E-state index in [1.165, 1.54) is 12.8 Å². The molecule has 1 saturated carbocycles. The van der Waals surface area contributed by atoms with Gasteiger partial charge in [0.25, 0.3) is 0 Å². The molecule has 102 valence electrons. The zero-order valence-corrected chi connectivity index (χ0v) is 11.0. The number of rotatable bonds is 4. The van der Waals surface area contributed by atoms with Gasteiger partial charge in [-0.25, -0.2) is 0 Å². The van der Waals surface area contributed by atoms with Crippen LogP contribution in [0.15, 0.2) is 0 Å². The molecule has 1 aliphatic carbocycles. The van der Waals surface area contributed by atoms with Crippen LogP contribution in [-0.2, 0) is 9.59 Å². The molecule has 0 spiro atoms. The lowest BCUT2D eigenvalue weighted by atomic mass is 9.87. The minimum atomic E-state index is -0.360. The molecule has 2 rings (SSSR count). The van der Waals surface area contributed by atoms with Gasteiger partial charge in [0.15, 0.2) is 0 Å². The number of carbonyl (C=O) groups is 2. The van der Waals surface area contributed by atoms with Crippen molar-refractivity contribution in [2.75, 3.05) is 6.54 Å². The molecule has 0 radical (unpaired) electrons. The van der Waals surface area contributed by atoms with E-state index in [-0.39, 0.29) is 30.3 Å². The number of nitrogens with one attached hydrogen (secondary N) is 3. The smallest absolute Gasteiger partial charge is 0.237 e. The number of hydrogen-bond donors (Lipinski definition) is 3. The Balaban J connectivity index is 1.85. The van der Waals surface area contributed by atoms with Crippen molar-refractivity contribution >= 4 is 11.8 Å². The van der Waals surface area contributed by atoms with E-state index < -0.39 is 0 Å². The molecule has 5 nitrogen and oxygen atoms in total. The maximum atomic E-state index is 11.9. The van der Waals surface area contributed by atoms with Crippen molar-refractivity contribution in [3.05, 3.63) is 0 Å². The van der Waals surface area contributed by atoms with Crippen molar-refractivity contribution in [2.24, 2.45) is 0 Å². The van der Waals surface area contributed by atoms with Gasteiger partial charge in [0.05, 0.1) is 12.5 Å². The van der Waals surface area contributed by atoms with Crippen LogP contribution in [0.2, 0.25) is 0 Å². The SMILES string of the molecule is CCCNC(=O)C[C@@H]1N[C@H]2CCCC[C@@H]2NC1=O. The summed E-state index contributed by atoms with van der Waals surface area (Å²) in [4.78, 5) is 23.5.